The molecular weight excluding hydrogens is 286 g/mol. The van der Waals surface area contributed by atoms with Crippen LogP contribution in [0.4, 0.5) is 0 Å². The molecule has 2 rings (SSSR count). The van der Waals surface area contributed by atoms with Crippen molar-refractivity contribution in [2.75, 3.05) is 13.1 Å². The van der Waals surface area contributed by atoms with E-state index >= 15 is 0 Å². The van der Waals surface area contributed by atoms with Crippen LogP contribution in [-0.2, 0) is 6.54 Å². The molecule has 0 radical (unpaired) electrons. The predicted molar refractivity (Wildman–Crippen MR) is 96.8 cm³/mol. The lowest BCUT2D eigenvalue weighted by molar-refractivity contribution is 0.0696. The fourth-order valence-corrected chi connectivity index (χ4v) is 2.45. The number of carboxylic acid groups (broad SMARTS) is 1. The Morgan fingerprint density at radius 2 is 1.61 bits per heavy atom. The summed E-state index contributed by atoms with van der Waals surface area (Å²) in [4.78, 5) is 13.5. The van der Waals surface area contributed by atoms with Crippen LogP contribution in [0.5, 0.6) is 0 Å². The van der Waals surface area contributed by atoms with Crippen LogP contribution in [0, 0.1) is 0 Å². The molecule has 0 aliphatic heterocycles. The molecule has 0 aromatic heterocycles. The molecule has 0 bridgehead atoms. The van der Waals surface area contributed by atoms with Crippen LogP contribution in [0.3, 0.4) is 0 Å². The Bertz CT molecular complexity index is 604. The van der Waals surface area contributed by atoms with E-state index in [9.17, 15) is 9.90 Å². The number of carbonyl (C=O) groups is 1. The normalized spacial score (nSPS) is 10.1. The number of carboxylic acids is 1. The van der Waals surface area contributed by atoms with Crippen LogP contribution in [0.25, 0.3) is 11.1 Å². The highest BCUT2D eigenvalue weighted by Gasteiger charge is 2.12. The van der Waals surface area contributed by atoms with Gasteiger partial charge in [-0.3, -0.25) is 4.90 Å². The summed E-state index contributed by atoms with van der Waals surface area (Å²) in [5, 5.41) is 9.21. The molecule has 0 unspecified atom stereocenters. The van der Waals surface area contributed by atoms with Crippen molar-refractivity contribution in [1.82, 2.24) is 4.90 Å². The Labute approximate surface area is 139 Å². The summed E-state index contributed by atoms with van der Waals surface area (Å²) >= 11 is 0. The predicted octanol–water partition coefficient (Wildman–Crippen LogP) is 4.92. The Balaban J connectivity index is 0.00000127. The smallest absolute Gasteiger partial charge is 0.335 e. The first-order chi connectivity index (χ1) is 11.2. The van der Waals surface area contributed by atoms with E-state index in [0.29, 0.717) is 5.56 Å². The lowest BCUT2D eigenvalue weighted by Gasteiger charge is -2.20. The van der Waals surface area contributed by atoms with E-state index < -0.39 is 5.97 Å². The first-order valence-electron chi connectivity index (χ1n) is 8.29. The number of hydrogen-bond donors (Lipinski definition) is 1. The van der Waals surface area contributed by atoms with Crippen LogP contribution < -0.4 is 0 Å². The van der Waals surface area contributed by atoms with Gasteiger partial charge in [0.15, 0.2) is 0 Å². The number of aromatic carboxylic acids is 1. The molecule has 2 aromatic rings. The molecule has 0 heterocycles. The second kappa shape index (κ2) is 9.80. The highest BCUT2D eigenvalue weighted by molar-refractivity contribution is 5.89. The number of nitrogens with zero attached hydrogens (tertiary/aromatic N) is 1. The molecule has 0 aliphatic rings. The van der Waals surface area contributed by atoms with Gasteiger partial charge >= 0.3 is 5.97 Å². The Morgan fingerprint density at radius 3 is 2.13 bits per heavy atom. The average molecular weight is 313 g/mol. The summed E-state index contributed by atoms with van der Waals surface area (Å²) in [7, 11) is 0. The fourth-order valence-electron chi connectivity index (χ4n) is 2.45. The number of rotatable bonds is 6. The lowest BCUT2D eigenvalue weighted by Crippen LogP contribution is -2.22. The van der Waals surface area contributed by atoms with Gasteiger partial charge in [-0.15, -0.1) is 0 Å². The zero-order valence-corrected chi connectivity index (χ0v) is 14.5. The van der Waals surface area contributed by atoms with Crippen LogP contribution in [0.2, 0.25) is 0 Å². The van der Waals surface area contributed by atoms with Crippen molar-refractivity contribution in [3.05, 3.63) is 59.7 Å². The SMILES string of the molecule is CC.CCN(CC)Cc1cc(C(=O)O)ccc1-c1ccccc1. The third kappa shape index (κ3) is 5.22. The van der Waals surface area contributed by atoms with Crippen molar-refractivity contribution < 1.29 is 9.90 Å². The molecule has 3 nitrogen and oxygen atoms in total. The quantitative estimate of drug-likeness (QED) is 0.823. The zero-order chi connectivity index (χ0) is 17.2. The van der Waals surface area contributed by atoms with E-state index in [2.05, 4.69) is 30.9 Å². The van der Waals surface area contributed by atoms with E-state index in [1.165, 1.54) is 0 Å². The van der Waals surface area contributed by atoms with Gasteiger partial charge in [0.25, 0.3) is 0 Å². The molecule has 0 spiro atoms. The number of hydrogen-bond acceptors (Lipinski definition) is 2. The second-order valence-corrected chi connectivity index (χ2v) is 5.00. The fraction of sp³-hybridized carbons (Fsp3) is 0.350. The third-order valence-corrected chi connectivity index (χ3v) is 3.73. The Hall–Kier alpha value is -2.13. The minimum atomic E-state index is -0.879. The van der Waals surface area contributed by atoms with Gasteiger partial charge in [0.2, 0.25) is 0 Å². The van der Waals surface area contributed by atoms with Crippen molar-refractivity contribution in [2.24, 2.45) is 0 Å². The monoisotopic (exact) mass is 313 g/mol. The topological polar surface area (TPSA) is 40.5 Å². The maximum absolute atomic E-state index is 11.2. The molecule has 0 fully saturated rings. The Morgan fingerprint density at radius 1 is 1.00 bits per heavy atom. The van der Waals surface area contributed by atoms with Gasteiger partial charge in [0.05, 0.1) is 5.56 Å². The van der Waals surface area contributed by atoms with Crippen LogP contribution >= 0.6 is 0 Å². The highest BCUT2D eigenvalue weighted by Crippen LogP contribution is 2.26. The minimum Gasteiger partial charge on any atom is -0.478 e. The van der Waals surface area contributed by atoms with Gasteiger partial charge in [-0.05, 0) is 41.9 Å². The summed E-state index contributed by atoms with van der Waals surface area (Å²) in [5.41, 5.74) is 3.63. The van der Waals surface area contributed by atoms with Gasteiger partial charge < -0.3 is 5.11 Å². The summed E-state index contributed by atoms with van der Waals surface area (Å²) in [5.74, 6) is -0.879. The van der Waals surface area contributed by atoms with Crippen LogP contribution in [0.1, 0.15) is 43.6 Å². The van der Waals surface area contributed by atoms with Gasteiger partial charge in [-0.2, -0.15) is 0 Å². The molecule has 0 saturated carbocycles. The van der Waals surface area contributed by atoms with Gasteiger partial charge in [0, 0.05) is 6.54 Å². The molecule has 2 aromatic carbocycles. The molecule has 0 aliphatic carbocycles. The number of benzene rings is 2. The molecule has 1 N–H and O–H groups in total. The Kier molecular flexibility index (Phi) is 8.06. The lowest BCUT2D eigenvalue weighted by atomic mass is 9.97. The molecule has 0 atom stereocenters. The van der Waals surface area contributed by atoms with Crippen molar-refractivity contribution in [3.8, 4) is 11.1 Å². The summed E-state index contributed by atoms with van der Waals surface area (Å²) < 4.78 is 0. The molecular formula is C20H27NO2. The molecule has 23 heavy (non-hydrogen) atoms. The minimum absolute atomic E-state index is 0.344. The largest absolute Gasteiger partial charge is 0.478 e. The molecule has 124 valence electrons. The van der Waals surface area contributed by atoms with Crippen molar-refractivity contribution in [2.45, 2.75) is 34.2 Å². The summed E-state index contributed by atoms with van der Waals surface area (Å²) in [6.07, 6.45) is 0. The van der Waals surface area contributed by atoms with E-state index in [1.807, 2.05) is 38.1 Å². The summed E-state index contributed by atoms with van der Waals surface area (Å²) in [6.45, 7) is 10.9. The summed E-state index contributed by atoms with van der Waals surface area (Å²) in [6, 6.07) is 15.5. The third-order valence-electron chi connectivity index (χ3n) is 3.73. The van der Waals surface area contributed by atoms with E-state index in [-0.39, 0.29) is 0 Å². The van der Waals surface area contributed by atoms with E-state index in [1.54, 1.807) is 12.1 Å². The molecule has 3 heteroatoms. The highest BCUT2D eigenvalue weighted by atomic mass is 16.4. The van der Waals surface area contributed by atoms with Gasteiger partial charge in [-0.1, -0.05) is 64.1 Å². The van der Waals surface area contributed by atoms with E-state index in [4.69, 9.17) is 0 Å². The van der Waals surface area contributed by atoms with Crippen LogP contribution in [-0.4, -0.2) is 29.1 Å². The maximum Gasteiger partial charge on any atom is 0.335 e. The maximum atomic E-state index is 11.2. The van der Waals surface area contributed by atoms with Gasteiger partial charge in [-0.25, -0.2) is 4.79 Å². The first kappa shape index (κ1) is 18.9. The molecule has 0 saturated heterocycles. The van der Waals surface area contributed by atoms with Gasteiger partial charge in [0.1, 0.15) is 0 Å². The average Bonchev–Trinajstić information content (AvgIpc) is 2.61. The standard InChI is InChI=1S/C18H21NO2.C2H6/c1-3-19(4-2)13-16-12-15(18(20)21)10-11-17(16)14-8-6-5-7-9-14;1-2/h5-12H,3-4,13H2,1-2H3,(H,20,21);1-2H3. The van der Waals surface area contributed by atoms with Crippen LogP contribution in [0.15, 0.2) is 48.5 Å². The zero-order valence-electron chi connectivity index (χ0n) is 14.5. The van der Waals surface area contributed by atoms with Crippen molar-refractivity contribution in [1.29, 1.82) is 0 Å². The first-order valence-corrected chi connectivity index (χ1v) is 8.29. The van der Waals surface area contributed by atoms with E-state index in [0.717, 1.165) is 36.3 Å². The second-order valence-electron chi connectivity index (χ2n) is 5.00. The van der Waals surface area contributed by atoms with Crippen molar-refractivity contribution in [3.63, 3.8) is 0 Å². The molecule has 0 amide bonds. The van der Waals surface area contributed by atoms with Crippen molar-refractivity contribution >= 4 is 5.97 Å².